The van der Waals surface area contributed by atoms with Crippen molar-refractivity contribution in [2.75, 3.05) is 19.7 Å². The molecular weight excluding hydrogens is 457 g/mol. The fourth-order valence-corrected chi connectivity index (χ4v) is 5.13. The van der Waals surface area contributed by atoms with Gasteiger partial charge in [-0.3, -0.25) is 9.59 Å². The van der Waals surface area contributed by atoms with Crippen molar-refractivity contribution in [3.05, 3.63) is 64.7 Å². The fourth-order valence-electron chi connectivity index (χ4n) is 5.13. The van der Waals surface area contributed by atoms with Crippen LogP contribution >= 0.6 is 0 Å². The van der Waals surface area contributed by atoms with Crippen molar-refractivity contribution in [3.8, 4) is 0 Å². The van der Waals surface area contributed by atoms with Crippen molar-refractivity contribution in [2.24, 2.45) is 5.92 Å². The topological polar surface area (TPSA) is 64.4 Å². The van der Waals surface area contributed by atoms with Crippen LogP contribution in [0.2, 0.25) is 0 Å². The van der Waals surface area contributed by atoms with Crippen LogP contribution in [-0.2, 0) is 20.7 Å². The van der Waals surface area contributed by atoms with E-state index in [2.05, 4.69) is 19.9 Å². The molecule has 4 rings (SSSR count). The molecule has 1 saturated heterocycles. The summed E-state index contributed by atoms with van der Waals surface area (Å²) in [6.45, 7) is 9.40. The molecule has 1 amide bonds. The summed E-state index contributed by atoms with van der Waals surface area (Å²) < 4.78 is 21.8. The van der Waals surface area contributed by atoms with E-state index in [1.165, 1.54) is 6.07 Å². The highest BCUT2D eigenvalue weighted by molar-refractivity contribution is 5.85. The number of piperidine rings is 1. The second-order valence-electron chi connectivity index (χ2n) is 9.75. The Bertz CT molecular complexity index is 1240. The van der Waals surface area contributed by atoms with Gasteiger partial charge in [-0.15, -0.1) is 0 Å². The van der Waals surface area contributed by atoms with E-state index < -0.39 is 6.04 Å². The first-order valence-corrected chi connectivity index (χ1v) is 13.0. The number of imidazole rings is 1. The second kappa shape index (κ2) is 11.2. The predicted octanol–water partition coefficient (Wildman–Crippen LogP) is 5.53. The van der Waals surface area contributed by atoms with E-state index in [9.17, 15) is 14.0 Å². The average molecular weight is 494 g/mol. The summed E-state index contributed by atoms with van der Waals surface area (Å²) in [5, 5.41) is 0. The zero-order valence-electron chi connectivity index (χ0n) is 21.7. The molecule has 1 aromatic heterocycles. The van der Waals surface area contributed by atoms with Crippen LogP contribution in [0.5, 0.6) is 0 Å². The molecule has 0 saturated carbocycles. The van der Waals surface area contributed by atoms with Gasteiger partial charge in [0.05, 0.1) is 23.6 Å². The van der Waals surface area contributed by atoms with E-state index in [1.807, 2.05) is 35.4 Å². The third-order valence-electron chi connectivity index (χ3n) is 7.27. The summed E-state index contributed by atoms with van der Waals surface area (Å²) in [6.07, 6.45) is 2.99. The van der Waals surface area contributed by atoms with E-state index in [0.717, 1.165) is 28.6 Å². The Hall–Kier alpha value is -3.22. The van der Waals surface area contributed by atoms with Gasteiger partial charge in [-0.2, -0.15) is 0 Å². The number of rotatable bonds is 8. The van der Waals surface area contributed by atoms with Gasteiger partial charge in [-0.05, 0) is 74.9 Å². The maximum absolute atomic E-state index is 14.6. The van der Waals surface area contributed by atoms with Gasteiger partial charge in [-0.1, -0.05) is 31.5 Å². The number of aryl methyl sites for hydroxylation is 2. The summed E-state index contributed by atoms with van der Waals surface area (Å²) in [6, 6.07) is 10.4. The summed E-state index contributed by atoms with van der Waals surface area (Å²) in [4.78, 5) is 32.9. The van der Waals surface area contributed by atoms with Gasteiger partial charge in [0, 0.05) is 19.5 Å². The highest BCUT2D eigenvalue weighted by Crippen LogP contribution is 2.31. The average Bonchev–Trinajstić information content (AvgIpc) is 3.20. The molecule has 1 aliphatic heterocycles. The molecule has 0 radical (unpaired) electrons. The van der Waals surface area contributed by atoms with Crippen molar-refractivity contribution in [1.82, 2.24) is 14.5 Å². The quantitative estimate of drug-likeness (QED) is 0.387. The molecule has 6 nitrogen and oxygen atoms in total. The van der Waals surface area contributed by atoms with E-state index in [1.54, 1.807) is 12.1 Å². The minimum absolute atomic E-state index is 0.0338. The number of esters is 1. The van der Waals surface area contributed by atoms with E-state index in [0.29, 0.717) is 56.8 Å². The number of fused-ring (bicyclic) bond motifs is 1. The SMILES string of the molecule is CCC[C@@H](C(=O)N1CCC(C(=O)OCC)CC1)n1c(Cc2ccccc2F)nc2cc(C)c(C)cc21. The minimum Gasteiger partial charge on any atom is -0.466 e. The molecule has 3 aromatic rings. The lowest BCUT2D eigenvalue weighted by molar-refractivity contribution is -0.151. The number of aromatic nitrogens is 2. The standard InChI is InChI=1S/C29H36FN3O3/c1-5-9-25(28(34)32-14-12-21(13-15-32)29(35)36-6-2)33-26-17-20(4)19(3)16-24(26)31-27(33)18-22-10-7-8-11-23(22)30/h7-8,10-11,16-17,21,25H,5-6,9,12-15,18H2,1-4H3/t25-/m0/s1. The Balaban J connectivity index is 1.70. The van der Waals surface area contributed by atoms with Gasteiger partial charge >= 0.3 is 5.97 Å². The van der Waals surface area contributed by atoms with Crippen LogP contribution in [0.25, 0.3) is 11.0 Å². The number of halogens is 1. The Morgan fingerprint density at radius 1 is 1.11 bits per heavy atom. The number of ether oxygens (including phenoxy) is 1. The molecule has 1 aliphatic rings. The first-order valence-electron chi connectivity index (χ1n) is 13.0. The first kappa shape index (κ1) is 25.9. The summed E-state index contributed by atoms with van der Waals surface area (Å²) >= 11 is 0. The zero-order valence-corrected chi connectivity index (χ0v) is 21.7. The van der Waals surface area contributed by atoms with Gasteiger partial charge in [0.2, 0.25) is 5.91 Å². The number of hydrogen-bond acceptors (Lipinski definition) is 4. The number of carbonyl (C=O) groups is 2. The number of likely N-dealkylation sites (tertiary alicyclic amines) is 1. The molecule has 7 heteroatoms. The van der Waals surface area contributed by atoms with Gasteiger partial charge < -0.3 is 14.2 Å². The smallest absolute Gasteiger partial charge is 0.309 e. The molecule has 0 bridgehead atoms. The normalized spacial score (nSPS) is 15.3. The molecule has 0 N–H and O–H groups in total. The monoisotopic (exact) mass is 493 g/mol. The maximum atomic E-state index is 14.6. The summed E-state index contributed by atoms with van der Waals surface area (Å²) in [5.41, 5.74) is 4.53. The highest BCUT2D eigenvalue weighted by Gasteiger charge is 2.33. The lowest BCUT2D eigenvalue weighted by Gasteiger charge is -2.34. The van der Waals surface area contributed by atoms with Gasteiger partial charge in [0.1, 0.15) is 17.7 Å². The Morgan fingerprint density at radius 2 is 1.81 bits per heavy atom. The van der Waals surface area contributed by atoms with Crippen LogP contribution in [0.15, 0.2) is 36.4 Å². The third-order valence-corrected chi connectivity index (χ3v) is 7.27. The Kier molecular flexibility index (Phi) is 8.07. The fraction of sp³-hybridized carbons (Fsp3) is 0.483. The number of amides is 1. The van der Waals surface area contributed by atoms with Gasteiger partial charge in [0.25, 0.3) is 0 Å². The van der Waals surface area contributed by atoms with Crippen LogP contribution in [0.1, 0.15) is 68.1 Å². The lowest BCUT2D eigenvalue weighted by Crippen LogP contribution is -2.44. The predicted molar refractivity (Wildman–Crippen MR) is 138 cm³/mol. The van der Waals surface area contributed by atoms with E-state index in [-0.39, 0.29) is 23.6 Å². The van der Waals surface area contributed by atoms with E-state index in [4.69, 9.17) is 9.72 Å². The number of carbonyl (C=O) groups excluding carboxylic acids is 2. The minimum atomic E-state index is -0.442. The highest BCUT2D eigenvalue weighted by atomic mass is 19.1. The number of nitrogens with zero attached hydrogens (tertiary/aromatic N) is 3. The van der Waals surface area contributed by atoms with Crippen LogP contribution < -0.4 is 0 Å². The Morgan fingerprint density at radius 3 is 2.47 bits per heavy atom. The molecule has 1 fully saturated rings. The molecule has 36 heavy (non-hydrogen) atoms. The van der Waals surface area contributed by atoms with Crippen LogP contribution in [-0.4, -0.2) is 46.0 Å². The van der Waals surface area contributed by atoms with Crippen molar-refractivity contribution in [3.63, 3.8) is 0 Å². The Labute approximate surface area is 212 Å². The largest absolute Gasteiger partial charge is 0.466 e. The van der Waals surface area contributed by atoms with Gasteiger partial charge in [0.15, 0.2) is 0 Å². The zero-order chi connectivity index (χ0) is 25.8. The van der Waals surface area contributed by atoms with Gasteiger partial charge in [-0.25, -0.2) is 9.37 Å². The third kappa shape index (κ3) is 5.30. The van der Waals surface area contributed by atoms with E-state index >= 15 is 0 Å². The van der Waals surface area contributed by atoms with Crippen molar-refractivity contribution in [2.45, 2.75) is 65.8 Å². The molecule has 0 spiro atoms. The van der Waals surface area contributed by atoms with Crippen molar-refractivity contribution in [1.29, 1.82) is 0 Å². The maximum Gasteiger partial charge on any atom is 0.309 e. The molecule has 1 atom stereocenters. The molecule has 192 valence electrons. The summed E-state index contributed by atoms with van der Waals surface area (Å²) in [7, 11) is 0. The van der Waals surface area contributed by atoms with Crippen LogP contribution in [0.4, 0.5) is 4.39 Å². The van der Waals surface area contributed by atoms with Crippen LogP contribution in [0.3, 0.4) is 0 Å². The lowest BCUT2D eigenvalue weighted by atomic mass is 9.96. The summed E-state index contributed by atoms with van der Waals surface area (Å²) in [5.74, 6) is 0.117. The van der Waals surface area contributed by atoms with Crippen molar-refractivity contribution < 1.29 is 18.7 Å². The molecule has 0 unspecified atom stereocenters. The molecule has 0 aliphatic carbocycles. The van der Waals surface area contributed by atoms with Crippen LogP contribution in [0, 0.1) is 25.6 Å². The second-order valence-corrected chi connectivity index (χ2v) is 9.75. The number of hydrogen-bond donors (Lipinski definition) is 0. The molecular formula is C29H36FN3O3. The molecule has 2 heterocycles. The number of benzene rings is 2. The van der Waals surface area contributed by atoms with Crippen molar-refractivity contribution >= 4 is 22.9 Å². The first-order chi connectivity index (χ1) is 17.3. The molecule has 2 aromatic carbocycles.